The van der Waals surface area contributed by atoms with E-state index >= 15 is 0 Å². The second kappa shape index (κ2) is 7.40. The third-order valence-electron chi connectivity index (χ3n) is 2.56. The van der Waals surface area contributed by atoms with Crippen molar-refractivity contribution < 1.29 is 9.59 Å². The van der Waals surface area contributed by atoms with E-state index in [2.05, 4.69) is 0 Å². The van der Waals surface area contributed by atoms with E-state index in [0.29, 0.717) is 6.42 Å². The number of nitrogens with zero attached hydrogens (tertiary/aromatic N) is 1. The number of Topliss-reactive ketones (excluding diaryl/α,β-unsaturated/α-hetero) is 1. The number of carbonyl (C=O) groups excluding carboxylic acids is 2. The van der Waals surface area contributed by atoms with Gasteiger partial charge in [-0.1, -0.05) is 6.92 Å². The van der Waals surface area contributed by atoms with Crippen LogP contribution < -0.4 is 5.73 Å². The average molecular weight is 214 g/mol. The Labute approximate surface area is 91.8 Å². The monoisotopic (exact) mass is 214 g/mol. The Morgan fingerprint density at radius 3 is 2.40 bits per heavy atom. The molecular formula is C11H22N2O2. The number of rotatable bonds is 7. The van der Waals surface area contributed by atoms with Crippen molar-refractivity contribution in [2.24, 2.45) is 5.73 Å². The Hall–Kier alpha value is -0.900. The molecule has 1 unspecified atom stereocenters. The van der Waals surface area contributed by atoms with Crippen molar-refractivity contribution in [2.45, 2.75) is 45.6 Å². The molecule has 0 saturated carbocycles. The molecule has 0 rings (SSSR count). The van der Waals surface area contributed by atoms with Crippen LogP contribution in [0.15, 0.2) is 0 Å². The number of hydrogen-bond donors (Lipinski definition) is 1. The lowest BCUT2D eigenvalue weighted by Crippen LogP contribution is -2.30. The number of carbonyl (C=O) groups is 2. The van der Waals surface area contributed by atoms with Gasteiger partial charge in [-0.05, 0) is 19.3 Å². The number of unbranched alkanes of at least 4 members (excludes halogenated alkanes) is 1. The van der Waals surface area contributed by atoms with Gasteiger partial charge in [0, 0.05) is 26.9 Å². The maximum absolute atomic E-state index is 11.2. The molecule has 0 heterocycles. The van der Waals surface area contributed by atoms with Crippen LogP contribution in [0.1, 0.15) is 39.5 Å². The molecule has 0 aromatic rings. The number of ketones is 1. The summed E-state index contributed by atoms with van der Waals surface area (Å²) in [6.45, 7) is 4.11. The first kappa shape index (κ1) is 14.1. The van der Waals surface area contributed by atoms with E-state index < -0.39 is 0 Å². The molecule has 1 atom stereocenters. The topological polar surface area (TPSA) is 63.4 Å². The van der Waals surface area contributed by atoms with Gasteiger partial charge in [0.1, 0.15) is 5.78 Å². The van der Waals surface area contributed by atoms with E-state index in [4.69, 9.17) is 5.73 Å². The van der Waals surface area contributed by atoms with Crippen molar-refractivity contribution in [3.05, 3.63) is 0 Å². The highest BCUT2D eigenvalue weighted by Crippen LogP contribution is 2.02. The summed E-state index contributed by atoms with van der Waals surface area (Å²) in [5.74, 6) is 0.193. The Morgan fingerprint density at radius 1 is 1.33 bits per heavy atom. The van der Waals surface area contributed by atoms with Crippen molar-refractivity contribution in [1.29, 1.82) is 0 Å². The largest absolute Gasteiger partial charge is 0.346 e. The normalized spacial score (nSPS) is 12.3. The second-order valence-corrected chi connectivity index (χ2v) is 3.86. The highest BCUT2D eigenvalue weighted by molar-refractivity contribution is 5.83. The summed E-state index contributed by atoms with van der Waals surface area (Å²) < 4.78 is 0. The van der Waals surface area contributed by atoms with Crippen LogP contribution in [0.5, 0.6) is 0 Å². The zero-order valence-corrected chi connectivity index (χ0v) is 9.95. The molecule has 4 nitrogen and oxygen atoms in total. The van der Waals surface area contributed by atoms with E-state index in [1.54, 1.807) is 18.9 Å². The smallest absolute Gasteiger partial charge is 0.219 e. The van der Waals surface area contributed by atoms with Gasteiger partial charge in [0.25, 0.3) is 0 Å². The maximum Gasteiger partial charge on any atom is 0.219 e. The van der Waals surface area contributed by atoms with Crippen molar-refractivity contribution in [3.8, 4) is 0 Å². The predicted molar refractivity (Wildman–Crippen MR) is 60.4 cm³/mol. The lowest BCUT2D eigenvalue weighted by Gasteiger charge is -2.15. The fourth-order valence-electron chi connectivity index (χ4n) is 1.29. The van der Waals surface area contributed by atoms with Crippen LogP contribution in [0, 0.1) is 0 Å². The minimum absolute atomic E-state index is 0.0731. The Kier molecular flexibility index (Phi) is 6.96. The van der Waals surface area contributed by atoms with Crippen molar-refractivity contribution >= 4 is 11.7 Å². The summed E-state index contributed by atoms with van der Waals surface area (Å²) >= 11 is 0. The molecule has 0 aliphatic heterocycles. The van der Waals surface area contributed by atoms with Crippen LogP contribution in [0.4, 0.5) is 0 Å². The van der Waals surface area contributed by atoms with E-state index in [1.165, 1.54) is 0 Å². The third kappa shape index (κ3) is 6.23. The summed E-state index contributed by atoms with van der Waals surface area (Å²) in [6, 6.07) is -0.322. The molecule has 4 heteroatoms. The first-order chi connectivity index (χ1) is 6.99. The second-order valence-electron chi connectivity index (χ2n) is 3.86. The van der Waals surface area contributed by atoms with Gasteiger partial charge >= 0.3 is 0 Å². The van der Waals surface area contributed by atoms with Crippen molar-refractivity contribution in [3.63, 3.8) is 0 Å². The standard InChI is InChI=1S/C11H22N2O2/c1-4-11(15)10(12)7-5-6-8-13(3)9(2)14/h10H,4-8,12H2,1-3H3. The lowest BCUT2D eigenvalue weighted by atomic mass is 10.0. The van der Waals surface area contributed by atoms with Crippen molar-refractivity contribution in [2.75, 3.05) is 13.6 Å². The fraction of sp³-hybridized carbons (Fsp3) is 0.818. The maximum atomic E-state index is 11.2. The Balaban J connectivity index is 3.54. The molecule has 0 bridgehead atoms. The van der Waals surface area contributed by atoms with E-state index in [0.717, 1.165) is 25.8 Å². The number of amides is 1. The quantitative estimate of drug-likeness (QED) is 0.641. The molecule has 2 N–H and O–H groups in total. The zero-order chi connectivity index (χ0) is 11.8. The van der Waals surface area contributed by atoms with Crippen LogP contribution in [0.3, 0.4) is 0 Å². The van der Waals surface area contributed by atoms with Gasteiger partial charge in [0.05, 0.1) is 6.04 Å². The summed E-state index contributed by atoms with van der Waals surface area (Å²) in [4.78, 5) is 23.7. The molecule has 0 aromatic heterocycles. The molecule has 0 aliphatic carbocycles. The summed E-state index contributed by atoms with van der Waals surface area (Å²) in [5, 5.41) is 0. The summed E-state index contributed by atoms with van der Waals surface area (Å²) in [6.07, 6.45) is 3.03. The van der Waals surface area contributed by atoms with Crippen LogP contribution >= 0.6 is 0 Å². The number of hydrogen-bond acceptors (Lipinski definition) is 3. The molecule has 88 valence electrons. The highest BCUT2D eigenvalue weighted by atomic mass is 16.2. The summed E-state index contributed by atoms with van der Waals surface area (Å²) in [5.41, 5.74) is 5.67. The predicted octanol–water partition coefficient (Wildman–Crippen LogP) is 0.941. The minimum atomic E-state index is -0.322. The Morgan fingerprint density at radius 2 is 1.93 bits per heavy atom. The van der Waals surface area contributed by atoms with Gasteiger partial charge in [-0.2, -0.15) is 0 Å². The molecule has 0 aromatic carbocycles. The third-order valence-corrected chi connectivity index (χ3v) is 2.56. The van der Waals surface area contributed by atoms with Crippen LogP contribution in [-0.4, -0.2) is 36.2 Å². The van der Waals surface area contributed by atoms with E-state index in [9.17, 15) is 9.59 Å². The lowest BCUT2D eigenvalue weighted by molar-refractivity contribution is -0.127. The van der Waals surface area contributed by atoms with Gasteiger partial charge in [-0.25, -0.2) is 0 Å². The molecule has 0 fully saturated rings. The molecule has 0 spiro atoms. The Bertz CT molecular complexity index is 217. The van der Waals surface area contributed by atoms with Gasteiger partial charge in [0.2, 0.25) is 5.91 Å². The molecule has 0 aliphatic rings. The zero-order valence-electron chi connectivity index (χ0n) is 9.95. The van der Waals surface area contributed by atoms with E-state index in [1.807, 2.05) is 6.92 Å². The van der Waals surface area contributed by atoms with Crippen LogP contribution in [-0.2, 0) is 9.59 Å². The number of nitrogens with two attached hydrogens (primary N) is 1. The minimum Gasteiger partial charge on any atom is -0.346 e. The van der Waals surface area contributed by atoms with Gasteiger partial charge in [0.15, 0.2) is 0 Å². The van der Waals surface area contributed by atoms with Gasteiger partial charge in [-0.3, -0.25) is 9.59 Å². The molecule has 0 saturated heterocycles. The van der Waals surface area contributed by atoms with Crippen LogP contribution in [0.25, 0.3) is 0 Å². The van der Waals surface area contributed by atoms with E-state index in [-0.39, 0.29) is 17.7 Å². The van der Waals surface area contributed by atoms with Crippen molar-refractivity contribution in [1.82, 2.24) is 4.90 Å². The van der Waals surface area contributed by atoms with Gasteiger partial charge in [-0.15, -0.1) is 0 Å². The first-order valence-corrected chi connectivity index (χ1v) is 5.49. The molecule has 15 heavy (non-hydrogen) atoms. The van der Waals surface area contributed by atoms with Gasteiger partial charge < -0.3 is 10.6 Å². The molecule has 0 radical (unpaired) electrons. The molecular weight excluding hydrogens is 192 g/mol. The average Bonchev–Trinajstić information content (AvgIpc) is 2.22. The fourth-order valence-corrected chi connectivity index (χ4v) is 1.29. The SMILES string of the molecule is CCC(=O)C(N)CCCCN(C)C(C)=O. The first-order valence-electron chi connectivity index (χ1n) is 5.49. The molecule has 1 amide bonds. The highest BCUT2D eigenvalue weighted by Gasteiger charge is 2.10. The summed E-state index contributed by atoms with van der Waals surface area (Å²) in [7, 11) is 1.78. The van der Waals surface area contributed by atoms with Crippen LogP contribution in [0.2, 0.25) is 0 Å².